The summed E-state index contributed by atoms with van der Waals surface area (Å²) in [6.07, 6.45) is 0. The Morgan fingerprint density at radius 2 is 2.08 bits per heavy atom. The normalized spacial score (nSPS) is 11.2. The van der Waals surface area contributed by atoms with E-state index >= 15 is 0 Å². The predicted octanol–water partition coefficient (Wildman–Crippen LogP) is 0.623. The molecule has 0 spiro atoms. The quantitative estimate of drug-likeness (QED) is 0.488. The van der Waals surface area contributed by atoms with E-state index in [1.807, 2.05) is 0 Å². The summed E-state index contributed by atoms with van der Waals surface area (Å²) in [7, 11) is -4.46. The molecule has 0 saturated carbocycles. The second kappa shape index (κ2) is 3.19. The van der Waals surface area contributed by atoms with Crippen LogP contribution < -0.4 is 10.5 Å². The van der Waals surface area contributed by atoms with Crippen LogP contribution in [0.2, 0.25) is 0 Å². The van der Waals surface area contributed by atoms with Gasteiger partial charge in [-0.2, -0.15) is 8.42 Å². The third-order valence-corrected chi connectivity index (χ3v) is 1.71. The summed E-state index contributed by atoms with van der Waals surface area (Å²) >= 11 is 0. The second-order valence-electron chi connectivity index (χ2n) is 2.32. The zero-order valence-electron chi connectivity index (χ0n) is 6.36. The maximum atomic E-state index is 12.8. The van der Waals surface area contributed by atoms with Gasteiger partial charge in [-0.05, 0) is 18.2 Å². The van der Waals surface area contributed by atoms with E-state index in [1.165, 1.54) is 6.07 Å². The van der Waals surface area contributed by atoms with Gasteiger partial charge in [0.25, 0.3) is 0 Å². The number of anilines is 2. The zero-order chi connectivity index (χ0) is 10.1. The van der Waals surface area contributed by atoms with Crippen LogP contribution in [0.4, 0.5) is 15.8 Å². The highest BCUT2D eigenvalue weighted by molar-refractivity contribution is 7.87. The first-order valence-corrected chi connectivity index (χ1v) is 4.63. The van der Waals surface area contributed by atoms with E-state index in [2.05, 4.69) is 0 Å². The largest absolute Gasteiger partial charge is 0.399 e. The topological polar surface area (TPSA) is 92.4 Å². The molecule has 0 amide bonds. The van der Waals surface area contributed by atoms with Crippen molar-refractivity contribution >= 4 is 21.7 Å². The first-order valence-electron chi connectivity index (χ1n) is 3.19. The van der Waals surface area contributed by atoms with E-state index in [1.54, 1.807) is 4.72 Å². The van der Waals surface area contributed by atoms with Crippen LogP contribution >= 0.6 is 0 Å². The number of hydrogen-bond donors (Lipinski definition) is 3. The highest BCUT2D eigenvalue weighted by Gasteiger charge is 2.08. The van der Waals surface area contributed by atoms with E-state index in [0.29, 0.717) is 0 Å². The fraction of sp³-hybridized carbons (Fsp3) is 0. The van der Waals surface area contributed by atoms with Crippen LogP contribution in [-0.2, 0) is 10.3 Å². The smallest absolute Gasteiger partial charge is 0.357 e. The molecule has 0 aromatic heterocycles. The molecule has 1 rings (SSSR count). The van der Waals surface area contributed by atoms with E-state index in [-0.39, 0.29) is 11.4 Å². The number of hydrogen-bond acceptors (Lipinski definition) is 3. The Hall–Kier alpha value is -1.34. The van der Waals surface area contributed by atoms with Gasteiger partial charge < -0.3 is 5.73 Å². The molecule has 0 atom stereocenters. The summed E-state index contributed by atoms with van der Waals surface area (Å²) in [5.41, 5.74) is 5.06. The first-order chi connectivity index (χ1) is 5.88. The van der Waals surface area contributed by atoms with Crippen molar-refractivity contribution in [2.45, 2.75) is 0 Å². The molecule has 72 valence electrons. The lowest BCUT2D eigenvalue weighted by atomic mass is 10.3. The minimum Gasteiger partial charge on any atom is -0.399 e. The van der Waals surface area contributed by atoms with Crippen molar-refractivity contribution in [1.82, 2.24) is 0 Å². The van der Waals surface area contributed by atoms with Gasteiger partial charge in [0, 0.05) is 5.69 Å². The second-order valence-corrected chi connectivity index (χ2v) is 3.47. The Balaban J connectivity index is 3.08. The Bertz CT molecular complexity index is 418. The number of nitrogens with one attached hydrogen (secondary N) is 1. The molecule has 1 aromatic carbocycles. The maximum absolute atomic E-state index is 12.8. The van der Waals surface area contributed by atoms with Gasteiger partial charge in [-0.1, -0.05) is 0 Å². The van der Waals surface area contributed by atoms with Crippen LogP contribution in [0, 0.1) is 5.82 Å². The van der Waals surface area contributed by atoms with Crippen molar-refractivity contribution in [3.8, 4) is 0 Å². The summed E-state index contributed by atoms with van der Waals surface area (Å²) in [6.45, 7) is 0. The van der Waals surface area contributed by atoms with Crippen molar-refractivity contribution in [2.24, 2.45) is 0 Å². The van der Waals surface area contributed by atoms with Crippen molar-refractivity contribution < 1.29 is 17.4 Å². The molecule has 0 aliphatic rings. The number of rotatable bonds is 2. The van der Waals surface area contributed by atoms with Crippen LogP contribution in [-0.4, -0.2) is 13.0 Å². The minimum absolute atomic E-state index is 0.188. The average Bonchev–Trinajstić information content (AvgIpc) is 1.94. The Morgan fingerprint density at radius 1 is 1.46 bits per heavy atom. The average molecular weight is 206 g/mol. The Labute approximate surface area is 74.3 Å². The summed E-state index contributed by atoms with van der Waals surface area (Å²) in [6, 6.07) is 3.32. The van der Waals surface area contributed by atoms with Gasteiger partial charge in [0.15, 0.2) is 0 Å². The molecule has 4 N–H and O–H groups in total. The fourth-order valence-electron chi connectivity index (χ4n) is 0.760. The molecule has 0 radical (unpaired) electrons. The summed E-state index contributed by atoms with van der Waals surface area (Å²) in [5.74, 6) is -0.813. The first kappa shape index (κ1) is 9.75. The van der Waals surface area contributed by atoms with E-state index in [0.717, 1.165) is 12.1 Å². The van der Waals surface area contributed by atoms with Crippen molar-refractivity contribution in [3.63, 3.8) is 0 Å². The van der Waals surface area contributed by atoms with Gasteiger partial charge in [-0.3, -0.25) is 9.27 Å². The fourth-order valence-corrected chi connectivity index (χ4v) is 1.19. The van der Waals surface area contributed by atoms with Crippen molar-refractivity contribution in [1.29, 1.82) is 0 Å². The van der Waals surface area contributed by atoms with E-state index in [4.69, 9.17) is 10.3 Å². The monoisotopic (exact) mass is 206 g/mol. The highest BCUT2D eigenvalue weighted by Crippen LogP contribution is 2.17. The van der Waals surface area contributed by atoms with Gasteiger partial charge in [-0.15, -0.1) is 0 Å². The molecule has 1 aromatic rings. The molecule has 0 saturated heterocycles. The predicted molar refractivity (Wildman–Crippen MR) is 46.0 cm³/mol. The number of halogens is 1. The SMILES string of the molecule is Nc1ccc(F)c(NS(=O)(=O)O)c1. The molecule has 0 aliphatic heterocycles. The summed E-state index contributed by atoms with van der Waals surface area (Å²) in [4.78, 5) is 0. The molecular formula is C6H7FN2O3S. The molecule has 5 nitrogen and oxygen atoms in total. The molecule has 0 unspecified atom stereocenters. The third-order valence-electron chi connectivity index (χ3n) is 1.23. The van der Waals surface area contributed by atoms with Crippen LogP contribution in [0.1, 0.15) is 0 Å². The molecule has 7 heteroatoms. The summed E-state index contributed by atoms with van der Waals surface area (Å²) in [5, 5.41) is 0. The molecule has 13 heavy (non-hydrogen) atoms. The van der Waals surface area contributed by atoms with Crippen molar-refractivity contribution in [2.75, 3.05) is 10.5 Å². The molecule has 0 aliphatic carbocycles. The van der Waals surface area contributed by atoms with Gasteiger partial charge >= 0.3 is 10.3 Å². The van der Waals surface area contributed by atoms with Gasteiger partial charge in [0.1, 0.15) is 5.82 Å². The number of nitrogens with two attached hydrogens (primary N) is 1. The van der Waals surface area contributed by atoms with Gasteiger partial charge in [0.2, 0.25) is 0 Å². The Kier molecular flexibility index (Phi) is 2.39. The minimum atomic E-state index is -4.46. The molecule has 0 bridgehead atoms. The summed E-state index contributed by atoms with van der Waals surface area (Å²) < 4.78 is 43.3. The standard InChI is InChI=1S/C6H7FN2O3S/c7-5-2-1-4(8)3-6(5)9-13(10,11)12/h1-3,9H,8H2,(H,10,11,12). The third kappa shape index (κ3) is 2.88. The molecule has 0 heterocycles. The lowest BCUT2D eigenvalue weighted by Crippen LogP contribution is -2.11. The van der Waals surface area contributed by atoms with Crippen LogP contribution in [0.3, 0.4) is 0 Å². The number of nitrogen functional groups attached to an aromatic ring is 1. The van der Waals surface area contributed by atoms with Gasteiger partial charge in [0.05, 0.1) is 5.69 Å². The molecule has 0 fully saturated rings. The maximum Gasteiger partial charge on any atom is 0.357 e. The number of benzene rings is 1. The zero-order valence-corrected chi connectivity index (χ0v) is 7.18. The van der Waals surface area contributed by atoms with Crippen LogP contribution in [0.25, 0.3) is 0 Å². The lowest BCUT2D eigenvalue weighted by Gasteiger charge is -2.04. The van der Waals surface area contributed by atoms with E-state index < -0.39 is 16.1 Å². The lowest BCUT2D eigenvalue weighted by molar-refractivity contribution is 0.489. The van der Waals surface area contributed by atoms with E-state index in [9.17, 15) is 12.8 Å². The molecular weight excluding hydrogens is 199 g/mol. The van der Waals surface area contributed by atoms with Crippen LogP contribution in [0.5, 0.6) is 0 Å². The van der Waals surface area contributed by atoms with Crippen LogP contribution in [0.15, 0.2) is 18.2 Å². The highest BCUT2D eigenvalue weighted by atomic mass is 32.2. The van der Waals surface area contributed by atoms with Crippen molar-refractivity contribution in [3.05, 3.63) is 24.0 Å². The Morgan fingerprint density at radius 3 is 2.62 bits per heavy atom. The van der Waals surface area contributed by atoms with Gasteiger partial charge in [-0.25, -0.2) is 4.39 Å².